The van der Waals surface area contributed by atoms with E-state index in [2.05, 4.69) is 20.3 Å². The molecule has 192 valence electrons. The highest BCUT2D eigenvalue weighted by atomic mass is 35.5. The topological polar surface area (TPSA) is 119 Å². The molecule has 0 radical (unpaired) electrons. The van der Waals surface area contributed by atoms with E-state index in [0.29, 0.717) is 41.1 Å². The first kappa shape index (κ1) is 24.9. The van der Waals surface area contributed by atoms with Crippen molar-refractivity contribution < 1.29 is 28.5 Å². The van der Waals surface area contributed by atoms with Crippen LogP contribution in [0.4, 0.5) is 10.1 Å². The zero-order valence-corrected chi connectivity index (χ0v) is 20.6. The maximum atomic E-state index is 13.9. The summed E-state index contributed by atoms with van der Waals surface area (Å²) in [6.45, 7) is 0.368. The van der Waals surface area contributed by atoms with Gasteiger partial charge >= 0.3 is 0 Å². The van der Waals surface area contributed by atoms with Crippen LogP contribution in [0.5, 0.6) is 17.2 Å². The Morgan fingerprint density at radius 2 is 2.11 bits per heavy atom. The largest absolute Gasteiger partial charge is 0.493 e. The molecule has 1 aromatic carbocycles. The molecule has 4 heterocycles. The molecule has 9 nitrogen and oxygen atoms in total. The van der Waals surface area contributed by atoms with Gasteiger partial charge in [0.2, 0.25) is 5.78 Å². The lowest BCUT2D eigenvalue weighted by atomic mass is 10.0. The summed E-state index contributed by atoms with van der Waals surface area (Å²) in [6.07, 6.45) is 5.71. The lowest BCUT2D eigenvalue weighted by molar-refractivity contribution is -0.0223. The first-order valence-electron chi connectivity index (χ1n) is 11.6. The van der Waals surface area contributed by atoms with Crippen molar-refractivity contribution in [2.24, 2.45) is 0 Å². The summed E-state index contributed by atoms with van der Waals surface area (Å²) < 4.78 is 30.7. The number of hydrogen-bond donors (Lipinski definition) is 3. The van der Waals surface area contributed by atoms with Gasteiger partial charge in [-0.15, -0.1) is 0 Å². The molecule has 0 unspecified atom stereocenters. The molecule has 11 heteroatoms. The van der Waals surface area contributed by atoms with Crippen LogP contribution in [0.2, 0.25) is 5.02 Å². The van der Waals surface area contributed by atoms with Gasteiger partial charge in [-0.05, 0) is 25.0 Å². The zero-order valence-electron chi connectivity index (χ0n) is 19.8. The Morgan fingerprint density at radius 3 is 2.81 bits per heavy atom. The van der Waals surface area contributed by atoms with E-state index in [-0.39, 0.29) is 41.0 Å². The molecule has 37 heavy (non-hydrogen) atoms. The number of aromatic amines is 1. The number of nitrogens with one attached hydrogen (secondary N) is 2. The van der Waals surface area contributed by atoms with E-state index < -0.39 is 11.6 Å². The standard InChI is InChI=1S/C26H24ClFN4O5/c1-35-21-11-31-26-22(24(21)32-14-6-7-15(12-33)36-13-14)17(10-30-26)25(34)23-18(27)8-16(9-29-23)37-20-5-3-2-4-19(20)28/h2-5,8-11,14-15,33H,6-7,12-13H2,1H3,(H2,30,31,32)/t14-,15+/m1/s1. The molecule has 0 bridgehead atoms. The minimum Gasteiger partial charge on any atom is -0.493 e. The van der Waals surface area contributed by atoms with Crippen molar-refractivity contribution in [3.8, 4) is 17.2 Å². The second-order valence-corrected chi connectivity index (χ2v) is 8.95. The molecule has 1 saturated heterocycles. The number of rotatable bonds is 8. The number of methoxy groups -OCH3 is 1. The van der Waals surface area contributed by atoms with Gasteiger partial charge in [-0.1, -0.05) is 23.7 Å². The minimum atomic E-state index is -0.533. The number of aliphatic hydroxyl groups is 1. The van der Waals surface area contributed by atoms with Crippen LogP contribution in [0.3, 0.4) is 0 Å². The first-order chi connectivity index (χ1) is 18.0. The number of aromatic nitrogens is 3. The molecule has 0 amide bonds. The van der Waals surface area contributed by atoms with Crippen molar-refractivity contribution in [1.82, 2.24) is 15.0 Å². The molecule has 4 aromatic rings. The molecular weight excluding hydrogens is 503 g/mol. The molecular formula is C26H24ClFN4O5. The third-order valence-corrected chi connectivity index (χ3v) is 6.44. The number of ketones is 1. The van der Waals surface area contributed by atoms with Crippen molar-refractivity contribution in [3.63, 3.8) is 0 Å². The third-order valence-electron chi connectivity index (χ3n) is 6.15. The second-order valence-electron chi connectivity index (χ2n) is 8.55. The normalized spacial score (nSPS) is 17.5. The van der Waals surface area contributed by atoms with Gasteiger partial charge in [0, 0.05) is 18.3 Å². The van der Waals surface area contributed by atoms with Crippen LogP contribution < -0.4 is 14.8 Å². The Hall–Kier alpha value is -3.73. The number of carbonyl (C=O) groups excluding carboxylic acids is 1. The number of halogens is 2. The summed E-state index contributed by atoms with van der Waals surface area (Å²) in [4.78, 5) is 25.2. The van der Waals surface area contributed by atoms with Crippen molar-refractivity contribution >= 4 is 34.1 Å². The third kappa shape index (κ3) is 5.08. The number of ether oxygens (including phenoxy) is 3. The SMILES string of the molecule is COc1cnc2[nH]cc(C(=O)c3ncc(Oc4ccccc4F)cc3Cl)c2c1N[C@@H]1CC[C@@H](CO)OC1. The predicted molar refractivity (Wildman–Crippen MR) is 135 cm³/mol. The number of pyridine rings is 2. The van der Waals surface area contributed by atoms with Crippen molar-refractivity contribution in [2.75, 3.05) is 25.6 Å². The van der Waals surface area contributed by atoms with E-state index in [1.807, 2.05) is 0 Å². The summed E-state index contributed by atoms with van der Waals surface area (Å²) >= 11 is 6.42. The molecule has 1 fully saturated rings. The highest BCUT2D eigenvalue weighted by Crippen LogP contribution is 2.37. The van der Waals surface area contributed by atoms with Gasteiger partial charge in [0.05, 0.1) is 60.5 Å². The number of H-pyrrole nitrogens is 1. The fraction of sp³-hybridized carbons (Fsp3) is 0.269. The first-order valence-corrected chi connectivity index (χ1v) is 12.0. The summed E-state index contributed by atoms with van der Waals surface area (Å²) in [5, 5.41) is 13.3. The molecule has 0 saturated carbocycles. The molecule has 1 aliphatic rings. The zero-order chi connectivity index (χ0) is 25.9. The number of nitrogens with zero attached hydrogens (tertiary/aromatic N) is 2. The Morgan fingerprint density at radius 1 is 1.27 bits per heavy atom. The number of hydrogen-bond acceptors (Lipinski definition) is 8. The Labute approximate surface area is 216 Å². The van der Waals surface area contributed by atoms with E-state index in [1.54, 1.807) is 24.5 Å². The monoisotopic (exact) mass is 526 g/mol. The predicted octanol–water partition coefficient (Wildman–Crippen LogP) is 4.73. The van der Waals surface area contributed by atoms with Gasteiger partial charge in [0.15, 0.2) is 17.3 Å². The fourth-order valence-corrected chi connectivity index (χ4v) is 4.49. The van der Waals surface area contributed by atoms with Crippen LogP contribution in [-0.4, -0.2) is 58.3 Å². The van der Waals surface area contributed by atoms with Gasteiger partial charge in [0.1, 0.15) is 17.1 Å². The lowest BCUT2D eigenvalue weighted by Gasteiger charge is -2.29. The Balaban J connectivity index is 1.46. The minimum absolute atomic E-state index is 0.00371. The van der Waals surface area contributed by atoms with E-state index in [9.17, 15) is 14.3 Å². The van der Waals surface area contributed by atoms with Gasteiger partial charge in [0.25, 0.3) is 0 Å². The van der Waals surface area contributed by atoms with Gasteiger partial charge < -0.3 is 29.6 Å². The number of benzene rings is 1. The molecule has 2 atom stereocenters. The molecule has 1 aliphatic heterocycles. The number of fused-ring (bicyclic) bond motifs is 1. The van der Waals surface area contributed by atoms with E-state index in [4.69, 9.17) is 25.8 Å². The fourth-order valence-electron chi connectivity index (χ4n) is 4.25. The second kappa shape index (κ2) is 10.7. The van der Waals surface area contributed by atoms with E-state index in [1.165, 1.54) is 31.5 Å². The molecule has 0 aliphatic carbocycles. The Kier molecular flexibility index (Phi) is 7.22. The van der Waals surface area contributed by atoms with Gasteiger partial charge in [-0.2, -0.15) is 0 Å². The summed E-state index contributed by atoms with van der Waals surface area (Å²) in [7, 11) is 1.52. The molecule has 3 N–H and O–H groups in total. The van der Waals surface area contributed by atoms with Crippen LogP contribution in [-0.2, 0) is 4.74 Å². The quantitative estimate of drug-likeness (QED) is 0.282. The number of para-hydroxylation sites is 1. The van der Waals surface area contributed by atoms with E-state index >= 15 is 0 Å². The number of carbonyl (C=O) groups is 1. The molecule has 5 rings (SSSR count). The van der Waals surface area contributed by atoms with Gasteiger partial charge in [-0.3, -0.25) is 4.79 Å². The van der Waals surface area contributed by atoms with E-state index in [0.717, 1.165) is 6.42 Å². The molecule has 3 aromatic heterocycles. The average molecular weight is 527 g/mol. The summed E-state index contributed by atoms with van der Waals surface area (Å²) in [6, 6.07) is 7.30. The smallest absolute Gasteiger partial charge is 0.215 e. The van der Waals surface area contributed by atoms with Gasteiger partial charge in [-0.25, -0.2) is 14.4 Å². The highest BCUT2D eigenvalue weighted by molar-refractivity contribution is 6.35. The summed E-state index contributed by atoms with van der Waals surface area (Å²) in [5.41, 5.74) is 1.37. The van der Waals surface area contributed by atoms with Crippen LogP contribution in [0.15, 0.2) is 48.9 Å². The van der Waals surface area contributed by atoms with Crippen molar-refractivity contribution in [1.29, 1.82) is 0 Å². The number of aliphatic hydroxyl groups excluding tert-OH is 1. The van der Waals surface area contributed by atoms with Crippen LogP contribution in [0.25, 0.3) is 11.0 Å². The Bertz CT molecular complexity index is 1440. The lowest BCUT2D eigenvalue weighted by Crippen LogP contribution is -2.36. The average Bonchev–Trinajstić information content (AvgIpc) is 3.35. The van der Waals surface area contributed by atoms with Crippen LogP contribution in [0.1, 0.15) is 28.9 Å². The number of anilines is 1. The maximum Gasteiger partial charge on any atom is 0.215 e. The maximum absolute atomic E-state index is 13.9. The molecule has 0 spiro atoms. The van der Waals surface area contributed by atoms with Crippen LogP contribution >= 0.6 is 11.6 Å². The van der Waals surface area contributed by atoms with Crippen molar-refractivity contribution in [2.45, 2.75) is 25.0 Å². The van der Waals surface area contributed by atoms with Crippen LogP contribution in [0, 0.1) is 5.82 Å². The van der Waals surface area contributed by atoms with Crippen molar-refractivity contribution in [3.05, 3.63) is 71.0 Å². The highest BCUT2D eigenvalue weighted by Gasteiger charge is 2.27. The summed E-state index contributed by atoms with van der Waals surface area (Å²) in [5.74, 6) is -0.309.